The Balaban J connectivity index is 0.000000819. The highest BCUT2D eigenvalue weighted by molar-refractivity contribution is 9.10. The Morgan fingerprint density at radius 3 is 1.48 bits per heavy atom. The monoisotopic (exact) mass is 693 g/mol. The number of hydrogen-bond donors (Lipinski definition) is 0. The molecule has 0 unspecified atom stereocenters. The summed E-state index contributed by atoms with van der Waals surface area (Å²) >= 11 is 6.80. The molecule has 0 radical (unpaired) electrons. The highest BCUT2D eigenvalue weighted by Crippen LogP contribution is 2.35. The van der Waals surface area contributed by atoms with E-state index in [-0.39, 0.29) is 27.1 Å². The van der Waals surface area contributed by atoms with Crippen LogP contribution < -0.4 is 18.9 Å². The molecule has 2 aromatic carbocycles. The molecule has 11 heteroatoms. The van der Waals surface area contributed by atoms with Crippen molar-refractivity contribution in [2.75, 3.05) is 48.6 Å². The maximum Gasteiger partial charge on any atom is 0.410 e. The van der Waals surface area contributed by atoms with Gasteiger partial charge in [0.25, 0.3) is 0 Å². The zero-order chi connectivity index (χ0) is 28.5. The Morgan fingerprint density at radius 1 is 0.775 bits per heavy atom. The third kappa shape index (κ3) is 11.0. The van der Waals surface area contributed by atoms with E-state index in [0.29, 0.717) is 37.8 Å². The van der Waals surface area contributed by atoms with Gasteiger partial charge in [-0.2, -0.15) is 0 Å². The molecule has 1 aliphatic rings. The molecule has 0 saturated carbocycles. The van der Waals surface area contributed by atoms with Crippen molar-refractivity contribution in [3.8, 4) is 23.0 Å². The van der Waals surface area contributed by atoms with Gasteiger partial charge in [0.05, 0.1) is 72.0 Å². The molecule has 1 heterocycles. The molecule has 0 N–H and O–H groups in total. The first-order chi connectivity index (χ1) is 18.0. The molecule has 0 bridgehead atoms. The normalized spacial score (nSPS) is 12.5. The van der Waals surface area contributed by atoms with Gasteiger partial charge < -0.3 is 38.1 Å². The minimum atomic E-state index is -0.485. The molecule has 1 saturated heterocycles. The summed E-state index contributed by atoms with van der Waals surface area (Å²) in [4.78, 5) is 13.5. The van der Waals surface area contributed by atoms with Crippen molar-refractivity contribution < 1.29 is 38.0 Å². The SMILES string of the molecule is C.C.COCc1c(OC)cc(Br)cc1OC.COc1cc(Br)cc(OC)c1COC1CN(C(=O)OC(C)(C)C)C1. The van der Waals surface area contributed by atoms with Gasteiger partial charge in [0, 0.05) is 16.1 Å². The molecule has 1 amide bonds. The van der Waals surface area contributed by atoms with Crippen LogP contribution in [0.4, 0.5) is 4.79 Å². The van der Waals surface area contributed by atoms with Crippen molar-refractivity contribution in [3.63, 3.8) is 0 Å². The maximum atomic E-state index is 11.9. The summed E-state index contributed by atoms with van der Waals surface area (Å²) in [7, 11) is 8.11. The van der Waals surface area contributed by atoms with Crippen LogP contribution in [-0.4, -0.2) is 71.3 Å². The fraction of sp³-hybridized carbons (Fsp3) is 0.552. The number of rotatable bonds is 9. The standard InChI is InChI=1S/C17H24BrNO5.C10H13BrO3.2CH4/c1-17(2,3)24-16(20)19-8-12(9-19)23-10-13-14(21-4)6-11(18)7-15(13)22-5;1-12-6-8-9(13-2)4-7(11)5-10(8)14-3;;/h6-7,12H,8-10H2,1-5H3;4-5H,6H2,1-3H3;2*1H4. The Bertz CT molecular complexity index is 1020. The number of ether oxygens (including phenoxy) is 7. The number of halogens is 2. The van der Waals surface area contributed by atoms with E-state index in [2.05, 4.69) is 31.9 Å². The summed E-state index contributed by atoms with van der Waals surface area (Å²) in [6.07, 6.45) is -0.322. The Labute approximate surface area is 256 Å². The van der Waals surface area contributed by atoms with E-state index in [1.807, 2.05) is 45.0 Å². The largest absolute Gasteiger partial charge is 0.496 e. The van der Waals surface area contributed by atoms with Crippen LogP contribution in [0.15, 0.2) is 33.2 Å². The summed E-state index contributed by atoms with van der Waals surface area (Å²) in [5.41, 5.74) is 1.28. The van der Waals surface area contributed by atoms with Crippen molar-refractivity contribution in [2.24, 2.45) is 0 Å². The molecule has 0 atom stereocenters. The van der Waals surface area contributed by atoms with Crippen LogP contribution in [-0.2, 0) is 27.4 Å². The Hall–Kier alpha value is -2.21. The summed E-state index contributed by atoms with van der Waals surface area (Å²) in [6.45, 7) is 7.43. The number of amides is 1. The molecular weight excluding hydrogens is 650 g/mol. The van der Waals surface area contributed by atoms with E-state index in [9.17, 15) is 4.79 Å². The summed E-state index contributed by atoms with van der Waals surface area (Å²) in [5, 5.41) is 0. The summed E-state index contributed by atoms with van der Waals surface area (Å²) in [5.74, 6) is 2.92. The zero-order valence-corrected chi connectivity index (χ0v) is 26.4. The average Bonchev–Trinajstić information content (AvgIpc) is 2.83. The molecular formula is C29H45Br2NO8. The lowest BCUT2D eigenvalue weighted by molar-refractivity contribution is -0.0697. The van der Waals surface area contributed by atoms with Crippen LogP contribution >= 0.6 is 31.9 Å². The van der Waals surface area contributed by atoms with Crippen molar-refractivity contribution in [2.45, 2.75) is 60.5 Å². The third-order valence-electron chi connectivity index (χ3n) is 5.40. The molecule has 0 aromatic heterocycles. The van der Waals surface area contributed by atoms with Gasteiger partial charge >= 0.3 is 6.09 Å². The van der Waals surface area contributed by atoms with E-state index < -0.39 is 5.60 Å². The van der Waals surface area contributed by atoms with E-state index in [1.54, 1.807) is 40.4 Å². The lowest BCUT2D eigenvalue weighted by Gasteiger charge is -2.39. The highest BCUT2D eigenvalue weighted by atomic mass is 79.9. The molecule has 1 fully saturated rings. The Kier molecular flexibility index (Phi) is 16.6. The lowest BCUT2D eigenvalue weighted by Crippen LogP contribution is -2.55. The van der Waals surface area contributed by atoms with Gasteiger partial charge in [0.2, 0.25) is 0 Å². The molecule has 3 rings (SSSR count). The van der Waals surface area contributed by atoms with Crippen LogP contribution in [0.25, 0.3) is 0 Å². The molecule has 0 aliphatic carbocycles. The molecule has 40 heavy (non-hydrogen) atoms. The quantitative estimate of drug-likeness (QED) is 0.267. The van der Waals surface area contributed by atoms with Crippen molar-refractivity contribution in [1.29, 1.82) is 0 Å². The van der Waals surface area contributed by atoms with Gasteiger partial charge in [-0.25, -0.2) is 4.79 Å². The second kappa shape index (κ2) is 17.6. The fourth-order valence-electron chi connectivity index (χ4n) is 3.55. The first-order valence-electron chi connectivity index (χ1n) is 11.9. The number of likely N-dealkylation sites (tertiary alicyclic amines) is 1. The number of hydrogen-bond acceptors (Lipinski definition) is 8. The molecule has 2 aromatic rings. The number of nitrogens with zero attached hydrogens (tertiary/aromatic N) is 1. The maximum absolute atomic E-state index is 11.9. The van der Waals surface area contributed by atoms with Crippen molar-refractivity contribution >= 4 is 38.0 Å². The lowest BCUT2D eigenvalue weighted by atomic mass is 10.1. The Morgan fingerprint density at radius 2 is 1.15 bits per heavy atom. The van der Waals surface area contributed by atoms with Crippen molar-refractivity contribution in [3.05, 3.63) is 44.3 Å². The van der Waals surface area contributed by atoms with E-state index in [1.165, 1.54) is 0 Å². The molecule has 0 spiro atoms. The fourth-order valence-corrected chi connectivity index (χ4v) is 4.38. The molecule has 228 valence electrons. The number of benzene rings is 2. The first kappa shape index (κ1) is 37.8. The average molecular weight is 695 g/mol. The predicted molar refractivity (Wildman–Crippen MR) is 165 cm³/mol. The van der Waals surface area contributed by atoms with Crippen LogP contribution in [0.3, 0.4) is 0 Å². The molecule has 1 aliphatic heterocycles. The van der Waals surface area contributed by atoms with Gasteiger partial charge in [-0.1, -0.05) is 46.7 Å². The third-order valence-corrected chi connectivity index (χ3v) is 6.31. The topological polar surface area (TPSA) is 84.9 Å². The smallest absolute Gasteiger partial charge is 0.410 e. The van der Waals surface area contributed by atoms with Crippen LogP contribution in [0.5, 0.6) is 23.0 Å². The predicted octanol–water partition coefficient (Wildman–Crippen LogP) is 7.49. The second-order valence-electron chi connectivity index (χ2n) is 9.33. The van der Waals surface area contributed by atoms with Gasteiger partial charge in [0.1, 0.15) is 28.6 Å². The minimum Gasteiger partial charge on any atom is -0.496 e. The van der Waals surface area contributed by atoms with Gasteiger partial charge in [-0.3, -0.25) is 0 Å². The number of carbonyl (C=O) groups is 1. The van der Waals surface area contributed by atoms with E-state index in [0.717, 1.165) is 31.6 Å². The van der Waals surface area contributed by atoms with Crippen molar-refractivity contribution in [1.82, 2.24) is 4.90 Å². The van der Waals surface area contributed by atoms with Crippen LogP contribution in [0.1, 0.15) is 46.8 Å². The van der Waals surface area contributed by atoms with Gasteiger partial charge in [-0.05, 0) is 45.0 Å². The summed E-state index contributed by atoms with van der Waals surface area (Å²) in [6, 6.07) is 7.51. The molecule has 9 nitrogen and oxygen atoms in total. The number of carbonyl (C=O) groups excluding carboxylic acids is 1. The van der Waals surface area contributed by atoms with E-state index in [4.69, 9.17) is 33.2 Å². The first-order valence-corrected chi connectivity index (χ1v) is 13.4. The summed E-state index contributed by atoms with van der Waals surface area (Å²) < 4.78 is 39.3. The zero-order valence-electron chi connectivity index (χ0n) is 23.2. The van der Waals surface area contributed by atoms with Crippen LogP contribution in [0.2, 0.25) is 0 Å². The number of methoxy groups -OCH3 is 5. The second-order valence-corrected chi connectivity index (χ2v) is 11.2. The van der Waals surface area contributed by atoms with Crippen LogP contribution in [0, 0.1) is 0 Å². The van der Waals surface area contributed by atoms with Gasteiger partial charge in [0.15, 0.2) is 0 Å². The highest BCUT2D eigenvalue weighted by Gasteiger charge is 2.34. The van der Waals surface area contributed by atoms with E-state index >= 15 is 0 Å². The minimum absolute atomic E-state index is 0. The van der Waals surface area contributed by atoms with Gasteiger partial charge in [-0.15, -0.1) is 0 Å².